The Kier molecular flexibility index (Phi) is 4.82. The molecule has 0 saturated heterocycles. The van der Waals surface area contributed by atoms with Crippen LogP contribution in [0.4, 0.5) is 0 Å². The van der Waals surface area contributed by atoms with Crippen molar-refractivity contribution in [2.45, 2.75) is 20.5 Å². The molecule has 5 aromatic rings. The van der Waals surface area contributed by atoms with Crippen LogP contribution in [0.5, 0.6) is 0 Å². The van der Waals surface area contributed by atoms with Crippen LogP contribution >= 0.6 is 0 Å². The minimum Gasteiger partial charge on any atom is -0.457 e. The number of carbonyl (C=O) groups is 1. The summed E-state index contributed by atoms with van der Waals surface area (Å²) < 4.78 is 16.4. The highest BCUT2D eigenvalue weighted by atomic mass is 16.5. The molecule has 0 aliphatic carbocycles. The average molecular weight is 425 g/mol. The fourth-order valence-corrected chi connectivity index (χ4v) is 3.70. The molecule has 0 fully saturated rings. The van der Waals surface area contributed by atoms with E-state index in [4.69, 9.17) is 13.7 Å². The maximum Gasteiger partial charge on any atom is 0.338 e. The van der Waals surface area contributed by atoms with Gasteiger partial charge in [0.1, 0.15) is 17.7 Å². The van der Waals surface area contributed by atoms with Crippen LogP contribution in [0.15, 0.2) is 80.5 Å². The molecule has 0 spiro atoms. The number of rotatable bonds is 4. The first-order chi connectivity index (χ1) is 15.5. The lowest BCUT2D eigenvalue weighted by atomic mass is 10.0. The van der Waals surface area contributed by atoms with Crippen LogP contribution in [0.25, 0.3) is 33.2 Å². The predicted molar refractivity (Wildman–Crippen MR) is 121 cm³/mol. The Morgan fingerprint density at radius 2 is 1.72 bits per heavy atom. The summed E-state index contributed by atoms with van der Waals surface area (Å²) in [6.07, 6.45) is 0. The summed E-state index contributed by atoms with van der Waals surface area (Å²) in [5.41, 5.74) is 4.57. The zero-order valence-electron chi connectivity index (χ0n) is 17.5. The summed E-state index contributed by atoms with van der Waals surface area (Å²) in [6.45, 7) is 3.89. The SMILES string of the molecule is Cc1cc2oc(=O)cc(COC(=O)c3ccc4noc(-c5ccccc5)c4c3)c2cc1C. The van der Waals surface area contributed by atoms with Crippen molar-refractivity contribution in [2.24, 2.45) is 0 Å². The van der Waals surface area contributed by atoms with Gasteiger partial charge in [0.2, 0.25) is 0 Å². The van der Waals surface area contributed by atoms with Gasteiger partial charge in [-0.2, -0.15) is 0 Å². The van der Waals surface area contributed by atoms with Gasteiger partial charge in [-0.15, -0.1) is 0 Å². The number of aromatic nitrogens is 1. The molecular formula is C26H19NO5. The third kappa shape index (κ3) is 3.56. The zero-order valence-corrected chi connectivity index (χ0v) is 17.5. The van der Waals surface area contributed by atoms with Gasteiger partial charge in [0.25, 0.3) is 0 Å². The van der Waals surface area contributed by atoms with Gasteiger partial charge in [-0.1, -0.05) is 35.5 Å². The van der Waals surface area contributed by atoms with Gasteiger partial charge in [-0.25, -0.2) is 9.59 Å². The minimum absolute atomic E-state index is 0.0450. The number of carbonyl (C=O) groups excluding carboxylic acids is 1. The summed E-state index contributed by atoms with van der Waals surface area (Å²) >= 11 is 0. The summed E-state index contributed by atoms with van der Waals surface area (Å²) in [7, 11) is 0. The van der Waals surface area contributed by atoms with E-state index in [1.807, 2.05) is 56.3 Å². The molecule has 3 aromatic carbocycles. The minimum atomic E-state index is -0.502. The van der Waals surface area contributed by atoms with Gasteiger partial charge in [0.15, 0.2) is 5.76 Å². The van der Waals surface area contributed by atoms with Crippen LogP contribution in [0.2, 0.25) is 0 Å². The molecule has 6 heteroatoms. The van der Waals surface area contributed by atoms with Crippen molar-refractivity contribution in [2.75, 3.05) is 0 Å². The van der Waals surface area contributed by atoms with Crippen LogP contribution in [-0.2, 0) is 11.3 Å². The van der Waals surface area contributed by atoms with E-state index in [-0.39, 0.29) is 6.61 Å². The van der Waals surface area contributed by atoms with Gasteiger partial charge in [-0.3, -0.25) is 0 Å². The van der Waals surface area contributed by atoms with Gasteiger partial charge in [0.05, 0.1) is 10.9 Å². The first-order valence-corrected chi connectivity index (χ1v) is 10.2. The van der Waals surface area contributed by atoms with E-state index >= 15 is 0 Å². The number of esters is 1. The van der Waals surface area contributed by atoms with Crippen LogP contribution in [0.3, 0.4) is 0 Å². The van der Waals surface area contributed by atoms with E-state index in [9.17, 15) is 9.59 Å². The molecule has 0 aliphatic rings. The first-order valence-electron chi connectivity index (χ1n) is 10.2. The number of nitrogens with zero attached hydrogens (tertiary/aromatic N) is 1. The monoisotopic (exact) mass is 425 g/mol. The number of benzene rings is 3. The summed E-state index contributed by atoms with van der Waals surface area (Å²) in [6, 6.07) is 19.8. The van der Waals surface area contributed by atoms with Crippen molar-refractivity contribution in [3.8, 4) is 11.3 Å². The van der Waals surface area contributed by atoms with E-state index in [2.05, 4.69) is 5.16 Å². The van der Waals surface area contributed by atoms with Crippen LogP contribution < -0.4 is 5.63 Å². The summed E-state index contributed by atoms with van der Waals surface area (Å²) in [5.74, 6) is 0.0880. The van der Waals surface area contributed by atoms with Gasteiger partial charge >= 0.3 is 11.6 Å². The summed E-state index contributed by atoms with van der Waals surface area (Å²) in [5, 5.41) is 5.55. The summed E-state index contributed by atoms with van der Waals surface area (Å²) in [4.78, 5) is 24.8. The molecule has 158 valence electrons. The molecule has 0 aliphatic heterocycles. The Morgan fingerprint density at radius 1 is 0.938 bits per heavy atom. The van der Waals surface area contributed by atoms with Gasteiger partial charge in [0, 0.05) is 22.6 Å². The molecule has 2 aromatic heterocycles. The number of hydrogen-bond acceptors (Lipinski definition) is 6. The molecule has 0 radical (unpaired) electrons. The molecular weight excluding hydrogens is 406 g/mol. The number of fused-ring (bicyclic) bond motifs is 2. The third-order valence-electron chi connectivity index (χ3n) is 5.55. The maximum atomic E-state index is 12.8. The Morgan fingerprint density at radius 3 is 2.53 bits per heavy atom. The topological polar surface area (TPSA) is 82.5 Å². The maximum absolute atomic E-state index is 12.8. The second-order valence-electron chi connectivity index (χ2n) is 7.71. The number of aryl methyl sites for hydroxylation is 2. The van der Waals surface area contributed by atoms with Crippen molar-refractivity contribution in [3.63, 3.8) is 0 Å². The third-order valence-corrected chi connectivity index (χ3v) is 5.55. The Balaban J connectivity index is 1.45. The molecule has 0 saturated carbocycles. The van der Waals surface area contributed by atoms with E-state index in [1.54, 1.807) is 18.2 Å². The molecule has 5 rings (SSSR count). The van der Waals surface area contributed by atoms with E-state index < -0.39 is 11.6 Å². The quantitative estimate of drug-likeness (QED) is 0.276. The standard InChI is InChI=1S/C26H19NO5/c1-15-10-20-19(13-24(28)31-23(20)11-16(15)2)14-30-26(29)18-8-9-22-21(12-18)25(32-27-22)17-6-4-3-5-7-17/h3-13H,14H2,1-2H3. The largest absolute Gasteiger partial charge is 0.457 e. The van der Waals surface area contributed by atoms with E-state index in [1.165, 1.54) is 6.07 Å². The highest BCUT2D eigenvalue weighted by Gasteiger charge is 2.16. The fourth-order valence-electron chi connectivity index (χ4n) is 3.70. The lowest BCUT2D eigenvalue weighted by Crippen LogP contribution is -2.08. The van der Waals surface area contributed by atoms with Crippen molar-refractivity contribution < 1.29 is 18.5 Å². The molecule has 32 heavy (non-hydrogen) atoms. The molecule has 0 N–H and O–H groups in total. The molecule has 2 heterocycles. The number of hydrogen-bond donors (Lipinski definition) is 0. The molecule has 0 bridgehead atoms. The van der Waals surface area contributed by atoms with Gasteiger partial charge < -0.3 is 13.7 Å². The van der Waals surface area contributed by atoms with Crippen molar-refractivity contribution in [1.82, 2.24) is 5.16 Å². The Hall–Kier alpha value is -4.19. The lowest BCUT2D eigenvalue weighted by molar-refractivity contribution is 0.0474. The molecule has 0 amide bonds. The van der Waals surface area contributed by atoms with Crippen LogP contribution in [0, 0.1) is 13.8 Å². The van der Waals surface area contributed by atoms with Crippen molar-refractivity contribution >= 4 is 27.8 Å². The average Bonchev–Trinajstić information content (AvgIpc) is 3.22. The van der Waals surface area contributed by atoms with Crippen LogP contribution in [-0.4, -0.2) is 11.1 Å². The molecule has 0 unspecified atom stereocenters. The number of ether oxygens (including phenoxy) is 1. The van der Waals surface area contributed by atoms with Crippen LogP contribution in [0.1, 0.15) is 27.0 Å². The van der Waals surface area contributed by atoms with E-state index in [0.717, 1.165) is 27.5 Å². The second kappa shape index (κ2) is 7.81. The smallest absolute Gasteiger partial charge is 0.338 e. The Labute approximate surface area is 183 Å². The predicted octanol–water partition coefficient (Wildman–Crippen LogP) is 5.58. The highest BCUT2D eigenvalue weighted by molar-refractivity contribution is 5.98. The molecule has 6 nitrogen and oxygen atoms in total. The van der Waals surface area contributed by atoms with Crippen molar-refractivity contribution in [3.05, 3.63) is 99.4 Å². The molecule has 0 atom stereocenters. The fraction of sp³-hybridized carbons (Fsp3) is 0.115. The lowest BCUT2D eigenvalue weighted by Gasteiger charge is -2.09. The second-order valence-corrected chi connectivity index (χ2v) is 7.71. The van der Waals surface area contributed by atoms with E-state index in [0.29, 0.717) is 28.0 Å². The van der Waals surface area contributed by atoms with Gasteiger partial charge in [-0.05, 0) is 55.3 Å². The normalized spacial score (nSPS) is 11.2. The highest BCUT2D eigenvalue weighted by Crippen LogP contribution is 2.29. The zero-order chi connectivity index (χ0) is 22.2. The first kappa shape index (κ1) is 19.8. The van der Waals surface area contributed by atoms with Crippen molar-refractivity contribution in [1.29, 1.82) is 0 Å². The Bertz CT molecular complexity index is 1530.